The summed E-state index contributed by atoms with van der Waals surface area (Å²) in [4.78, 5) is 39.5. The fourth-order valence-corrected chi connectivity index (χ4v) is 3.58. The fraction of sp³-hybridized carbons (Fsp3) is 0.222. The lowest BCUT2D eigenvalue weighted by atomic mass is 9.86. The van der Waals surface area contributed by atoms with Crippen molar-refractivity contribution in [2.45, 2.75) is 19.4 Å². The van der Waals surface area contributed by atoms with Crippen LogP contribution in [0.25, 0.3) is 0 Å². The topological polar surface area (TPSA) is 95.9 Å². The number of aliphatic hydroxyl groups is 1. The number of carbonyl (C=O) groups excluding carboxylic acids is 3. The summed E-state index contributed by atoms with van der Waals surface area (Å²) in [5, 5.41) is 14.0. The van der Waals surface area contributed by atoms with Gasteiger partial charge in [0, 0.05) is 24.3 Å². The Morgan fingerprint density at radius 2 is 1.32 bits per heavy atom. The van der Waals surface area contributed by atoms with Crippen molar-refractivity contribution in [3.63, 3.8) is 0 Å². The number of nitrogens with one attached hydrogen (secondary N) is 1. The van der Waals surface area contributed by atoms with Crippen molar-refractivity contribution < 1.29 is 24.2 Å². The van der Waals surface area contributed by atoms with Crippen molar-refractivity contribution in [2.75, 3.05) is 25.0 Å². The molecule has 0 radical (unpaired) electrons. The lowest BCUT2D eigenvalue weighted by Gasteiger charge is -2.27. The van der Waals surface area contributed by atoms with Gasteiger partial charge < -0.3 is 20.1 Å². The Morgan fingerprint density at radius 3 is 1.79 bits per heavy atom. The number of anilines is 1. The molecule has 3 aromatic rings. The van der Waals surface area contributed by atoms with Gasteiger partial charge in [-0.1, -0.05) is 60.7 Å². The number of esters is 1. The van der Waals surface area contributed by atoms with Crippen molar-refractivity contribution in [1.82, 2.24) is 4.90 Å². The molecule has 0 saturated heterocycles. The normalized spacial score (nSPS) is 10.9. The molecule has 0 spiro atoms. The van der Waals surface area contributed by atoms with Gasteiger partial charge in [0.05, 0.1) is 0 Å². The standard InChI is InChI=1S/C27H28N2O5/c1-3-29(4-2)25(31)20-15-17-23(18-16-20)28-24(30)19-34-26(32)27(33,21-11-7-5-8-12-21)22-13-9-6-10-14-22/h5-18,33H,3-4,19H2,1-2H3,(H,28,30). The Labute approximate surface area is 199 Å². The summed E-state index contributed by atoms with van der Waals surface area (Å²) in [6.45, 7) is 4.46. The third-order valence-electron chi connectivity index (χ3n) is 5.48. The molecule has 34 heavy (non-hydrogen) atoms. The van der Waals surface area contributed by atoms with E-state index in [0.717, 1.165) is 0 Å². The van der Waals surface area contributed by atoms with Crippen LogP contribution >= 0.6 is 0 Å². The van der Waals surface area contributed by atoms with Crippen LogP contribution in [0.5, 0.6) is 0 Å². The van der Waals surface area contributed by atoms with Crippen LogP contribution in [0.15, 0.2) is 84.9 Å². The zero-order valence-electron chi connectivity index (χ0n) is 19.2. The minimum absolute atomic E-state index is 0.0853. The summed E-state index contributed by atoms with van der Waals surface area (Å²) >= 11 is 0. The lowest BCUT2D eigenvalue weighted by Crippen LogP contribution is -2.39. The van der Waals surface area contributed by atoms with E-state index in [-0.39, 0.29) is 5.91 Å². The molecule has 0 heterocycles. The second-order valence-electron chi connectivity index (χ2n) is 7.62. The molecular weight excluding hydrogens is 432 g/mol. The van der Waals surface area contributed by atoms with Crippen LogP contribution in [0, 0.1) is 0 Å². The highest BCUT2D eigenvalue weighted by Gasteiger charge is 2.41. The van der Waals surface area contributed by atoms with Gasteiger partial charge in [-0.15, -0.1) is 0 Å². The maximum Gasteiger partial charge on any atom is 0.348 e. The van der Waals surface area contributed by atoms with Crippen LogP contribution < -0.4 is 5.32 Å². The van der Waals surface area contributed by atoms with Gasteiger partial charge in [-0.3, -0.25) is 9.59 Å². The van der Waals surface area contributed by atoms with Crippen LogP contribution in [0.4, 0.5) is 5.69 Å². The Bertz CT molecular complexity index is 1070. The number of hydrogen-bond donors (Lipinski definition) is 2. The molecule has 0 aromatic heterocycles. The van der Waals surface area contributed by atoms with E-state index in [2.05, 4.69) is 5.32 Å². The number of rotatable bonds is 9. The first-order valence-corrected chi connectivity index (χ1v) is 11.1. The summed E-state index contributed by atoms with van der Waals surface area (Å²) in [5.74, 6) is -1.61. The quantitative estimate of drug-likeness (QED) is 0.476. The van der Waals surface area contributed by atoms with E-state index in [4.69, 9.17) is 4.74 Å². The average Bonchev–Trinajstić information content (AvgIpc) is 2.89. The molecule has 0 aliphatic carbocycles. The number of nitrogens with zero attached hydrogens (tertiary/aromatic N) is 1. The molecule has 7 nitrogen and oxygen atoms in total. The number of ether oxygens (including phenoxy) is 1. The molecule has 0 unspecified atom stereocenters. The van der Waals surface area contributed by atoms with Gasteiger partial charge in [0.25, 0.3) is 11.8 Å². The number of hydrogen-bond acceptors (Lipinski definition) is 5. The molecule has 0 aliphatic heterocycles. The van der Waals surface area contributed by atoms with Crippen molar-refractivity contribution in [2.24, 2.45) is 0 Å². The summed E-state index contributed by atoms with van der Waals surface area (Å²) in [7, 11) is 0. The maximum atomic E-state index is 13.0. The van der Waals surface area contributed by atoms with Gasteiger partial charge in [0.1, 0.15) is 0 Å². The van der Waals surface area contributed by atoms with E-state index in [0.29, 0.717) is 35.5 Å². The Hall–Kier alpha value is -3.97. The van der Waals surface area contributed by atoms with Crippen LogP contribution in [-0.4, -0.2) is 47.5 Å². The summed E-state index contributed by atoms with van der Waals surface area (Å²) in [6.07, 6.45) is 0. The molecule has 176 valence electrons. The molecule has 2 N–H and O–H groups in total. The average molecular weight is 461 g/mol. The van der Waals surface area contributed by atoms with Gasteiger partial charge in [0.15, 0.2) is 6.61 Å². The second kappa shape index (κ2) is 11.2. The van der Waals surface area contributed by atoms with Gasteiger partial charge in [0.2, 0.25) is 5.60 Å². The van der Waals surface area contributed by atoms with Crippen LogP contribution in [-0.2, 0) is 19.9 Å². The van der Waals surface area contributed by atoms with Crippen LogP contribution in [0.1, 0.15) is 35.3 Å². The van der Waals surface area contributed by atoms with Gasteiger partial charge in [-0.2, -0.15) is 0 Å². The molecule has 0 atom stereocenters. The first-order chi connectivity index (χ1) is 16.4. The molecule has 0 fully saturated rings. The summed E-state index contributed by atoms with van der Waals surface area (Å²) in [6, 6.07) is 23.3. The van der Waals surface area contributed by atoms with Crippen molar-refractivity contribution >= 4 is 23.5 Å². The van der Waals surface area contributed by atoms with E-state index in [9.17, 15) is 19.5 Å². The second-order valence-corrected chi connectivity index (χ2v) is 7.62. The van der Waals surface area contributed by atoms with E-state index in [1.807, 2.05) is 13.8 Å². The Kier molecular flexibility index (Phi) is 8.16. The SMILES string of the molecule is CCN(CC)C(=O)c1ccc(NC(=O)COC(=O)C(O)(c2ccccc2)c2ccccc2)cc1. The Morgan fingerprint density at radius 1 is 0.824 bits per heavy atom. The summed E-state index contributed by atoms with van der Waals surface area (Å²) < 4.78 is 5.21. The largest absolute Gasteiger partial charge is 0.453 e. The zero-order valence-corrected chi connectivity index (χ0v) is 19.2. The zero-order chi connectivity index (χ0) is 24.6. The number of carbonyl (C=O) groups is 3. The van der Waals surface area contributed by atoms with Crippen LogP contribution in [0.3, 0.4) is 0 Å². The van der Waals surface area contributed by atoms with E-state index < -0.39 is 24.1 Å². The van der Waals surface area contributed by atoms with Gasteiger partial charge in [-0.25, -0.2) is 4.79 Å². The monoisotopic (exact) mass is 460 g/mol. The van der Waals surface area contributed by atoms with Crippen LogP contribution in [0.2, 0.25) is 0 Å². The van der Waals surface area contributed by atoms with E-state index in [1.54, 1.807) is 89.8 Å². The smallest absolute Gasteiger partial charge is 0.348 e. The lowest BCUT2D eigenvalue weighted by molar-refractivity contribution is -0.163. The minimum atomic E-state index is -2.06. The van der Waals surface area contributed by atoms with E-state index in [1.165, 1.54) is 0 Å². The minimum Gasteiger partial charge on any atom is -0.453 e. The first-order valence-electron chi connectivity index (χ1n) is 11.1. The number of amides is 2. The molecule has 3 rings (SSSR count). The maximum absolute atomic E-state index is 13.0. The van der Waals surface area contributed by atoms with E-state index >= 15 is 0 Å². The molecule has 0 bridgehead atoms. The predicted molar refractivity (Wildman–Crippen MR) is 129 cm³/mol. The Balaban J connectivity index is 1.66. The van der Waals surface area contributed by atoms with Crippen molar-refractivity contribution in [1.29, 1.82) is 0 Å². The molecule has 7 heteroatoms. The summed E-state index contributed by atoms with van der Waals surface area (Å²) in [5.41, 5.74) is -0.419. The van der Waals surface area contributed by atoms with Crippen molar-refractivity contribution in [3.8, 4) is 0 Å². The molecule has 0 saturated carbocycles. The third-order valence-corrected chi connectivity index (χ3v) is 5.48. The fourth-order valence-electron chi connectivity index (χ4n) is 3.58. The van der Waals surface area contributed by atoms with Crippen molar-refractivity contribution in [3.05, 3.63) is 102 Å². The highest BCUT2D eigenvalue weighted by Crippen LogP contribution is 2.31. The molecular formula is C27H28N2O5. The number of benzene rings is 3. The molecule has 3 aromatic carbocycles. The first kappa shape index (κ1) is 24.7. The van der Waals surface area contributed by atoms with Gasteiger partial charge >= 0.3 is 5.97 Å². The third kappa shape index (κ3) is 5.50. The van der Waals surface area contributed by atoms with Gasteiger partial charge in [-0.05, 0) is 49.2 Å². The predicted octanol–water partition coefficient (Wildman–Crippen LogP) is 3.59. The highest BCUT2D eigenvalue weighted by atomic mass is 16.6. The molecule has 2 amide bonds. The molecule has 0 aliphatic rings. The highest BCUT2D eigenvalue weighted by molar-refractivity contribution is 5.96.